The number of halogens is 2. The summed E-state index contributed by atoms with van der Waals surface area (Å²) in [7, 11) is 0. The summed E-state index contributed by atoms with van der Waals surface area (Å²) in [6.07, 6.45) is 5.52. The van der Waals surface area contributed by atoms with Gasteiger partial charge in [-0.05, 0) is 38.1 Å². The number of rotatable bonds is 6. The van der Waals surface area contributed by atoms with Gasteiger partial charge < -0.3 is 5.32 Å². The molecule has 0 radical (unpaired) electrons. The van der Waals surface area contributed by atoms with Gasteiger partial charge in [-0.2, -0.15) is 0 Å². The molecule has 0 fully saturated rings. The molecule has 1 N–H and O–H groups in total. The van der Waals surface area contributed by atoms with E-state index in [2.05, 4.69) is 12.2 Å². The molecular weight excluding hydrogens is 225 g/mol. The summed E-state index contributed by atoms with van der Waals surface area (Å²) in [6, 6.07) is 4.77. The number of hydrogen-bond donors (Lipinski definition) is 1. The topological polar surface area (TPSA) is 12.0 Å². The fraction of sp³-hybridized carbons (Fsp3) is 0.385. The van der Waals surface area contributed by atoms with E-state index in [9.17, 15) is 4.39 Å². The Kier molecular flexibility index (Phi) is 6.12. The summed E-state index contributed by atoms with van der Waals surface area (Å²) < 4.78 is 13.3. The van der Waals surface area contributed by atoms with Gasteiger partial charge in [0.05, 0.1) is 0 Å². The summed E-state index contributed by atoms with van der Waals surface area (Å²) in [5, 5.41) is 3.71. The molecule has 0 heterocycles. The van der Waals surface area contributed by atoms with E-state index >= 15 is 0 Å². The smallest absolute Gasteiger partial charge is 0.128 e. The van der Waals surface area contributed by atoms with Crippen LogP contribution >= 0.6 is 11.6 Å². The lowest BCUT2D eigenvalue weighted by Gasteiger charge is -2.02. The average molecular weight is 242 g/mol. The molecule has 88 valence electrons. The van der Waals surface area contributed by atoms with Crippen LogP contribution in [0.3, 0.4) is 0 Å². The van der Waals surface area contributed by atoms with Crippen molar-refractivity contribution in [3.8, 4) is 0 Å². The largest absolute Gasteiger partial charge is 0.317 e. The monoisotopic (exact) mass is 241 g/mol. The molecule has 1 nitrogen and oxygen atoms in total. The molecule has 0 aliphatic carbocycles. The maximum absolute atomic E-state index is 13.3. The summed E-state index contributed by atoms with van der Waals surface area (Å²) in [5.74, 6) is -0.233. The number of benzene rings is 1. The molecule has 0 aliphatic heterocycles. The highest BCUT2D eigenvalue weighted by atomic mass is 35.5. The van der Waals surface area contributed by atoms with Gasteiger partial charge in [0.2, 0.25) is 0 Å². The van der Waals surface area contributed by atoms with Crippen LogP contribution in [-0.4, -0.2) is 13.1 Å². The van der Waals surface area contributed by atoms with E-state index in [1.54, 1.807) is 12.1 Å². The molecule has 0 saturated heterocycles. The first-order chi connectivity index (χ1) is 7.75. The van der Waals surface area contributed by atoms with Crippen LogP contribution in [0.25, 0.3) is 0 Å². The first-order valence-corrected chi connectivity index (χ1v) is 5.92. The molecule has 1 aromatic rings. The second-order valence-corrected chi connectivity index (χ2v) is 3.93. The van der Waals surface area contributed by atoms with E-state index in [4.69, 9.17) is 11.6 Å². The number of hydrogen-bond acceptors (Lipinski definition) is 1. The van der Waals surface area contributed by atoms with Gasteiger partial charge >= 0.3 is 0 Å². The molecule has 0 amide bonds. The van der Waals surface area contributed by atoms with Crippen molar-refractivity contribution < 1.29 is 4.39 Å². The zero-order chi connectivity index (χ0) is 11.8. The van der Waals surface area contributed by atoms with Gasteiger partial charge in [-0.15, -0.1) is 0 Å². The fourth-order valence-electron chi connectivity index (χ4n) is 1.41. The third-order valence-corrected chi connectivity index (χ3v) is 2.64. The van der Waals surface area contributed by atoms with Crippen LogP contribution in [0.15, 0.2) is 30.4 Å². The zero-order valence-electron chi connectivity index (χ0n) is 9.47. The van der Waals surface area contributed by atoms with Crippen LogP contribution in [0.2, 0.25) is 5.02 Å². The van der Waals surface area contributed by atoms with Crippen molar-refractivity contribution in [3.05, 3.63) is 46.8 Å². The molecule has 0 spiro atoms. The van der Waals surface area contributed by atoms with Crippen LogP contribution in [-0.2, 0) is 6.42 Å². The number of nitrogens with one attached hydrogen (secondary N) is 1. The Labute approximate surface area is 101 Å². The Morgan fingerprint density at radius 2 is 2.19 bits per heavy atom. The van der Waals surface area contributed by atoms with Crippen LogP contribution in [0, 0.1) is 5.82 Å². The summed E-state index contributed by atoms with van der Waals surface area (Å²) in [6.45, 7) is 4.01. The molecule has 0 aromatic heterocycles. The van der Waals surface area contributed by atoms with Gasteiger partial charge in [0.15, 0.2) is 0 Å². The minimum Gasteiger partial charge on any atom is -0.317 e. The van der Waals surface area contributed by atoms with Crippen molar-refractivity contribution in [3.63, 3.8) is 0 Å². The summed E-state index contributed by atoms with van der Waals surface area (Å²) >= 11 is 5.91. The van der Waals surface area contributed by atoms with Crippen LogP contribution < -0.4 is 5.32 Å². The van der Waals surface area contributed by atoms with Gasteiger partial charge in [-0.3, -0.25) is 0 Å². The van der Waals surface area contributed by atoms with Crippen molar-refractivity contribution in [1.29, 1.82) is 0 Å². The van der Waals surface area contributed by atoms with Crippen molar-refractivity contribution in [1.82, 2.24) is 5.32 Å². The van der Waals surface area contributed by atoms with Gasteiger partial charge in [0.1, 0.15) is 5.82 Å². The second-order valence-electron chi connectivity index (χ2n) is 3.52. The zero-order valence-corrected chi connectivity index (χ0v) is 10.2. The highest BCUT2D eigenvalue weighted by molar-refractivity contribution is 6.31. The van der Waals surface area contributed by atoms with E-state index in [-0.39, 0.29) is 5.82 Å². The predicted molar refractivity (Wildman–Crippen MR) is 67.4 cm³/mol. The Hall–Kier alpha value is -0.860. The Balaban J connectivity index is 2.42. The number of allylic oxidation sites excluding steroid dienone is 1. The predicted octanol–water partition coefficient (Wildman–Crippen LogP) is 3.58. The fourth-order valence-corrected chi connectivity index (χ4v) is 1.65. The molecule has 16 heavy (non-hydrogen) atoms. The van der Waals surface area contributed by atoms with Gasteiger partial charge in [0, 0.05) is 10.6 Å². The molecule has 1 rings (SSSR count). The summed E-state index contributed by atoms with van der Waals surface area (Å²) in [5.41, 5.74) is 0.573. The van der Waals surface area contributed by atoms with Crippen LogP contribution in [0.5, 0.6) is 0 Å². The van der Waals surface area contributed by atoms with Gasteiger partial charge in [0.25, 0.3) is 0 Å². The first-order valence-electron chi connectivity index (χ1n) is 5.54. The van der Waals surface area contributed by atoms with Crippen molar-refractivity contribution >= 4 is 11.6 Å². The Bertz CT molecular complexity index is 330. The Morgan fingerprint density at radius 1 is 1.38 bits per heavy atom. The standard InChI is InChI=1S/C13H17ClFN/c1-2-16-10-5-3-4-7-11-12(14)8-6-9-13(11)15/h3-4,6,8-9,16H,2,5,7,10H2,1H3. The lowest BCUT2D eigenvalue weighted by molar-refractivity contribution is 0.615. The normalized spacial score (nSPS) is 11.2. The van der Waals surface area contributed by atoms with E-state index in [1.165, 1.54) is 6.07 Å². The Morgan fingerprint density at radius 3 is 2.88 bits per heavy atom. The minimum atomic E-state index is -0.233. The highest BCUT2D eigenvalue weighted by Gasteiger charge is 2.03. The van der Waals surface area contributed by atoms with Gasteiger partial charge in [-0.25, -0.2) is 4.39 Å². The van der Waals surface area contributed by atoms with Crippen molar-refractivity contribution in [2.45, 2.75) is 19.8 Å². The summed E-state index contributed by atoms with van der Waals surface area (Å²) in [4.78, 5) is 0. The van der Waals surface area contributed by atoms with Gasteiger partial charge in [-0.1, -0.05) is 36.7 Å². The van der Waals surface area contributed by atoms with Crippen molar-refractivity contribution in [2.75, 3.05) is 13.1 Å². The SMILES string of the molecule is CCNCCC=CCc1c(F)cccc1Cl. The van der Waals surface area contributed by atoms with E-state index in [1.807, 2.05) is 12.2 Å². The molecule has 0 atom stereocenters. The molecule has 3 heteroatoms. The van der Waals surface area contributed by atoms with Crippen LogP contribution in [0.4, 0.5) is 4.39 Å². The second kappa shape index (κ2) is 7.42. The van der Waals surface area contributed by atoms with Crippen molar-refractivity contribution in [2.24, 2.45) is 0 Å². The highest BCUT2D eigenvalue weighted by Crippen LogP contribution is 2.19. The lowest BCUT2D eigenvalue weighted by atomic mass is 10.1. The molecule has 0 aliphatic rings. The third-order valence-electron chi connectivity index (χ3n) is 2.29. The maximum Gasteiger partial charge on any atom is 0.128 e. The van der Waals surface area contributed by atoms with Crippen LogP contribution in [0.1, 0.15) is 18.9 Å². The molecule has 0 bridgehead atoms. The van der Waals surface area contributed by atoms with E-state index in [0.29, 0.717) is 17.0 Å². The van der Waals surface area contributed by atoms with E-state index in [0.717, 1.165) is 19.5 Å². The molecule has 1 aromatic carbocycles. The average Bonchev–Trinajstić information content (AvgIpc) is 2.26. The molecule has 0 unspecified atom stereocenters. The molecule has 0 saturated carbocycles. The lowest BCUT2D eigenvalue weighted by Crippen LogP contribution is -2.12. The quantitative estimate of drug-likeness (QED) is 0.593. The molecular formula is C13H17ClFN. The van der Waals surface area contributed by atoms with E-state index < -0.39 is 0 Å². The first kappa shape index (κ1) is 13.2. The third kappa shape index (κ3) is 4.33. The maximum atomic E-state index is 13.3. The minimum absolute atomic E-state index is 0.233.